The quantitative estimate of drug-likeness (QED) is 0.465. The van der Waals surface area contributed by atoms with Crippen molar-refractivity contribution in [1.29, 1.82) is 0 Å². The molecule has 2 fully saturated rings. The van der Waals surface area contributed by atoms with Gasteiger partial charge in [0.05, 0.1) is 35.8 Å². The average Bonchev–Trinajstić information content (AvgIpc) is 3.32. The number of hydrogen-bond donors (Lipinski definition) is 1. The highest BCUT2D eigenvalue weighted by Crippen LogP contribution is 2.61. The van der Waals surface area contributed by atoms with E-state index in [-0.39, 0.29) is 35.6 Å². The van der Waals surface area contributed by atoms with Gasteiger partial charge in [0.15, 0.2) is 0 Å². The molecule has 2 saturated heterocycles. The number of benzene rings is 2. The summed E-state index contributed by atoms with van der Waals surface area (Å²) in [6.07, 6.45) is 8.46. The van der Waals surface area contributed by atoms with Crippen LogP contribution < -0.4 is 9.64 Å². The van der Waals surface area contributed by atoms with Crippen LogP contribution in [0.1, 0.15) is 26.3 Å². The van der Waals surface area contributed by atoms with Gasteiger partial charge in [0.1, 0.15) is 11.8 Å². The van der Waals surface area contributed by atoms with Crippen molar-refractivity contribution in [1.82, 2.24) is 9.80 Å². The highest BCUT2D eigenvalue weighted by molar-refractivity contribution is 8.02. The predicted octanol–water partition coefficient (Wildman–Crippen LogP) is 3.70. The Morgan fingerprint density at radius 2 is 1.72 bits per heavy atom. The van der Waals surface area contributed by atoms with E-state index in [4.69, 9.17) is 4.74 Å². The van der Waals surface area contributed by atoms with Crippen molar-refractivity contribution in [3.63, 3.8) is 0 Å². The van der Waals surface area contributed by atoms with Crippen molar-refractivity contribution in [3.05, 3.63) is 84.5 Å². The molecule has 0 bridgehead atoms. The fraction of sp³-hybridized carbons (Fsp3) is 0.441. The molecule has 4 heterocycles. The van der Waals surface area contributed by atoms with Crippen LogP contribution in [0, 0.1) is 11.8 Å². The lowest BCUT2D eigenvalue weighted by molar-refractivity contribution is -0.146. The smallest absolute Gasteiger partial charge is 0.247 e. The summed E-state index contributed by atoms with van der Waals surface area (Å²) in [6.45, 7) is 6.96. The molecule has 226 valence electrons. The van der Waals surface area contributed by atoms with Crippen LogP contribution in [0.2, 0.25) is 0 Å². The molecule has 4 aliphatic rings. The summed E-state index contributed by atoms with van der Waals surface area (Å²) in [5.41, 5.74) is 1.71. The lowest BCUT2D eigenvalue weighted by Crippen LogP contribution is -2.57. The second kappa shape index (κ2) is 11.8. The van der Waals surface area contributed by atoms with E-state index in [0.29, 0.717) is 26.1 Å². The van der Waals surface area contributed by atoms with Crippen LogP contribution in [-0.4, -0.2) is 87.1 Å². The number of nitrogens with zero attached hydrogens (tertiary/aromatic N) is 3. The highest BCUT2D eigenvalue weighted by Gasteiger charge is 2.71. The number of fused-ring (bicyclic) bond motifs is 2. The van der Waals surface area contributed by atoms with Gasteiger partial charge >= 0.3 is 0 Å². The molecule has 0 saturated carbocycles. The monoisotopic (exact) mass is 601 g/mol. The summed E-state index contributed by atoms with van der Waals surface area (Å²) in [6, 6.07) is 15.7. The zero-order valence-electron chi connectivity index (χ0n) is 24.8. The number of aliphatic hydroxyl groups excluding tert-OH is 1. The summed E-state index contributed by atoms with van der Waals surface area (Å²) >= 11 is 1.56. The first-order valence-electron chi connectivity index (χ1n) is 15.1. The van der Waals surface area contributed by atoms with Crippen molar-refractivity contribution in [3.8, 4) is 5.75 Å². The first kappa shape index (κ1) is 29.5. The number of ether oxygens (including phenoxy) is 1. The summed E-state index contributed by atoms with van der Waals surface area (Å²) in [7, 11) is 0. The number of amides is 3. The van der Waals surface area contributed by atoms with Crippen molar-refractivity contribution in [2.45, 2.75) is 55.3 Å². The summed E-state index contributed by atoms with van der Waals surface area (Å²) in [5, 5.41) is 10.4. The van der Waals surface area contributed by atoms with Gasteiger partial charge in [-0.3, -0.25) is 14.4 Å². The second-order valence-corrected chi connectivity index (χ2v) is 13.4. The highest BCUT2D eigenvalue weighted by atomic mass is 32.2. The van der Waals surface area contributed by atoms with E-state index < -0.39 is 28.7 Å². The maximum absolute atomic E-state index is 14.7. The third kappa shape index (κ3) is 4.96. The molecule has 6 rings (SSSR count). The minimum absolute atomic E-state index is 0.0708. The molecule has 8 nitrogen and oxygen atoms in total. The Bertz CT molecular complexity index is 1430. The Morgan fingerprint density at radius 3 is 2.40 bits per heavy atom. The van der Waals surface area contributed by atoms with Gasteiger partial charge in [-0.25, -0.2) is 0 Å². The Labute approximate surface area is 257 Å². The number of carbonyl (C=O) groups excluding carboxylic acids is 3. The molecule has 1 N–H and O–H groups in total. The van der Waals surface area contributed by atoms with Gasteiger partial charge < -0.3 is 24.5 Å². The molecule has 6 atom stereocenters. The largest absolute Gasteiger partial charge is 0.494 e. The van der Waals surface area contributed by atoms with E-state index in [0.717, 1.165) is 17.0 Å². The van der Waals surface area contributed by atoms with Crippen LogP contribution in [0.4, 0.5) is 5.69 Å². The van der Waals surface area contributed by atoms with Gasteiger partial charge in [0.25, 0.3) is 0 Å². The number of thioether (sulfide) groups is 1. The number of aliphatic hydroxyl groups is 1. The molecule has 2 aromatic rings. The fourth-order valence-corrected chi connectivity index (χ4v) is 9.20. The SMILES string of the molecule is CCOc1ccc(N2CC=C[C@H]3S[C@]45C=CCN(C(C)C)C(=O)C4N([C@@H](CO)Cc4ccccc4)C(=O)[C@@H]5[C@H]3C2=O)cc1. The molecule has 43 heavy (non-hydrogen) atoms. The summed E-state index contributed by atoms with van der Waals surface area (Å²) in [5.74, 6) is -1.17. The van der Waals surface area contributed by atoms with Crippen LogP contribution in [0.25, 0.3) is 0 Å². The lowest BCUT2D eigenvalue weighted by atomic mass is 9.78. The van der Waals surface area contributed by atoms with Crippen LogP contribution in [0.15, 0.2) is 78.9 Å². The molecule has 9 heteroatoms. The summed E-state index contributed by atoms with van der Waals surface area (Å²) in [4.78, 5) is 48.8. The average molecular weight is 602 g/mol. The Hall–Kier alpha value is -3.56. The van der Waals surface area contributed by atoms with Gasteiger partial charge in [-0.2, -0.15) is 0 Å². The minimum Gasteiger partial charge on any atom is -0.494 e. The Kier molecular flexibility index (Phi) is 8.13. The van der Waals surface area contributed by atoms with E-state index in [9.17, 15) is 19.5 Å². The zero-order chi connectivity index (χ0) is 30.3. The van der Waals surface area contributed by atoms with E-state index >= 15 is 0 Å². The van der Waals surface area contributed by atoms with E-state index in [1.54, 1.807) is 26.5 Å². The number of likely N-dealkylation sites (tertiary alicyclic amines) is 1. The molecule has 0 aliphatic carbocycles. The van der Waals surface area contributed by atoms with Crippen LogP contribution in [0.3, 0.4) is 0 Å². The number of carbonyl (C=O) groups is 3. The molecule has 0 radical (unpaired) electrons. The predicted molar refractivity (Wildman–Crippen MR) is 168 cm³/mol. The third-order valence-corrected chi connectivity index (χ3v) is 10.9. The molecule has 1 spiro atoms. The minimum atomic E-state index is -0.931. The summed E-state index contributed by atoms with van der Waals surface area (Å²) < 4.78 is 4.67. The number of anilines is 1. The van der Waals surface area contributed by atoms with Gasteiger partial charge in [-0.1, -0.05) is 54.6 Å². The molecule has 3 amide bonds. The van der Waals surface area contributed by atoms with Crippen LogP contribution in [0.5, 0.6) is 5.75 Å². The number of rotatable bonds is 8. The molecular weight excluding hydrogens is 562 g/mol. The lowest BCUT2D eigenvalue weighted by Gasteiger charge is -2.39. The molecule has 2 aromatic carbocycles. The van der Waals surface area contributed by atoms with Gasteiger partial charge in [-0.15, -0.1) is 11.8 Å². The van der Waals surface area contributed by atoms with E-state index in [1.807, 2.05) is 99.7 Å². The zero-order valence-corrected chi connectivity index (χ0v) is 25.7. The standard InChI is InChI=1S/C34H39N3O5S/c1-4-42-26-15-13-24(14-16-26)36-18-8-12-27-28(31(36)39)29-32(40)37(25(21-38)20-23-10-6-5-7-11-23)30-33(41)35(22(2)3)19-9-17-34(29,30)43-27/h5-17,22,25,27-30,38H,4,18-21H2,1-3H3/t25-,27-,28+,29+,30?,34+/m1/s1. The maximum atomic E-state index is 14.7. The van der Waals surface area contributed by atoms with Crippen molar-refractivity contribution >= 4 is 35.2 Å². The topological polar surface area (TPSA) is 90.4 Å². The first-order chi connectivity index (χ1) is 20.8. The van der Waals surface area contributed by atoms with Crippen molar-refractivity contribution in [2.24, 2.45) is 11.8 Å². The Balaban J connectivity index is 1.42. The van der Waals surface area contributed by atoms with E-state index in [2.05, 4.69) is 0 Å². The first-order valence-corrected chi connectivity index (χ1v) is 16.0. The number of hydrogen-bond acceptors (Lipinski definition) is 6. The van der Waals surface area contributed by atoms with Gasteiger partial charge in [-0.05, 0) is 57.0 Å². The van der Waals surface area contributed by atoms with Crippen LogP contribution >= 0.6 is 11.8 Å². The maximum Gasteiger partial charge on any atom is 0.247 e. The van der Waals surface area contributed by atoms with Crippen molar-refractivity contribution < 1.29 is 24.2 Å². The molecule has 0 aromatic heterocycles. The van der Waals surface area contributed by atoms with Gasteiger partial charge in [0, 0.05) is 30.1 Å². The normalized spacial score (nSPS) is 29.0. The third-order valence-electron chi connectivity index (χ3n) is 9.13. The van der Waals surface area contributed by atoms with Crippen LogP contribution in [-0.2, 0) is 20.8 Å². The molecule has 4 aliphatic heterocycles. The van der Waals surface area contributed by atoms with Gasteiger partial charge in [0.2, 0.25) is 17.7 Å². The fourth-order valence-electron chi connectivity index (χ4n) is 7.21. The van der Waals surface area contributed by atoms with Crippen molar-refractivity contribution in [2.75, 3.05) is 31.2 Å². The van der Waals surface area contributed by atoms with E-state index in [1.165, 1.54) is 0 Å². The second-order valence-electron chi connectivity index (χ2n) is 11.9. The molecular formula is C34H39N3O5S. The molecule has 1 unspecified atom stereocenters. The Morgan fingerprint density at radius 1 is 0.977 bits per heavy atom.